The molecular formula is C18H20O2Si. The summed E-state index contributed by atoms with van der Waals surface area (Å²) in [5.41, 5.74) is 0. The summed E-state index contributed by atoms with van der Waals surface area (Å²) < 4.78 is 11.8. The highest BCUT2D eigenvalue weighted by molar-refractivity contribution is 6.64. The zero-order valence-electron chi connectivity index (χ0n) is 12.5. The summed E-state index contributed by atoms with van der Waals surface area (Å²) in [6.07, 6.45) is 0. The Kier molecular flexibility index (Phi) is 4.34. The monoisotopic (exact) mass is 296 g/mol. The second-order valence-corrected chi connectivity index (χ2v) is 6.92. The van der Waals surface area contributed by atoms with E-state index in [2.05, 4.69) is 54.6 Å². The van der Waals surface area contributed by atoms with E-state index in [9.17, 15) is 0 Å². The Hall–Kier alpha value is -1.68. The summed E-state index contributed by atoms with van der Waals surface area (Å²) >= 11 is 0. The molecule has 0 aliphatic rings. The third kappa shape index (κ3) is 2.72. The smallest absolute Gasteiger partial charge is 0.356 e. The molecule has 3 aromatic carbocycles. The Balaban J connectivity index is 2.21. The van der Waals surface area contributed by atoms with Crippen LogP contribution in [0.3, 0.4) is 0 Å². The molecule has 0 aliphatic carbocycles. The van der Waals surface area contributed by atoms with E-state index in [0.29, 0.717) is 13.2 Å². The Bertz CT molecular complexity index is 748. The molecule has 108 valence electrons. The maximum absolute atomic E-state index is 5.91. The molecule has 0 amide bonds. The van der Waals surface area contributed by atoms with Crippen molar-refractivity contribution in [1.29, 1.82) is 0 Å². The van der Waals surface area contributed by atoms with E-state index in [1.54, 1.807) is 0 Å². The van der Waals surface area contributed by atoms with E-state index in [0.717, 1.165) is 0 Å². The van der Waals surface area contributed by atoms with Gasteiger partial charge in [-0.15, -0.1) is 0 Å². The molecule has 3 aromatic rings. The van der Waals surface area contributed by atoms with Crippen LogP contribution in [0.1, 0.15) is 13.8 Å². The molecule has 0 aromatic heterocycles. The van der Waals surface area contributed by atoms with Gasteiger partial charge in [0.15, 0.2) is 0 Å². The predicted octanol–water partition coefficient (Wildman–Crippen LogP) is 3.49. The van der Waals surface area contributed by atoms with Crippen molar-refractivity contribution in [2.24, 2.45) is 0 Å². The Labute approximate surface area is 127 Å². The van der Waals surface area contributed by atoms with Crippen LogP contribution in [0.4, 0.5) is 0 Å². The third-order valence-corrected chi connectivity index (χ3v) is 5.99. The summed E-state index contributed by atoms with van der Waals surface area (Å²) in [6.45, 7) is 5.45. The summed E-state index contributed by atoms with van der Waals surface area (Å²) in [7, 11) is -1.82. The van der Waals surface area contributed by atoms with E-state index in [1.807, 2.05) is 13.8 Å². The lowest BCUT2D eigenvalue weighted by Gasteiger charge is -2.17. The summed E-state index contributed by atoms with van der Waals surface area (Å²) in [5, 5.41) is 6.34. The molecule has 0 aliphatic heterocycles. The first-order valence-electron chi connectivity index (χ1n) is 7.48. The first-order chi connectivity index (χ1) is 10.3. The molecule has 3 rings (SSSR count). The maximum atomic E-state index is 5.91. The van der Waals surface area contributed by atoms with E-state index >= 15 is 0 Å². The largest absolute Gasteiger partial charge is 0.394 e. The number of hydrogen-bond donors (Lipinski definition) is 0. The molecule has 0 saturated heterocycles. The highest BCUT2D eigenvalue weighted by atomic mass is 28.3. The molecule has 0 N–H and O–H groups in total. The van der Waals surface area contributed by atoms with Gasteiger partial charge in [0, 0.05) is 13.2 Å². The van der Waals surface area contributed by atoms with Gasteiger partial charge in [0.25, 0.3) is 0 Å². The number of hydrogen-bond acceptors (Lipinski definition) is 2. The lowest BCUT2D eigenvalue weighted by molar-refractivity contribution is 0.225. The van der Waals surface area contributed by atoms with Crippen molar-refractivity contribution in [2.75, 3.05) is 13.2 Å². The number of benzene rings is 3. The SMILES string of the molecule is CCO[SiH](OCC)c1cccc2c1ccc1ccccc12. The normalized spacial score (nSPS) is 11.6. The van der Waals surface area contributed by atoms with Crippen molar-refractivity contribution in [2.45, 2.75) is 13.8 Å². The molecular weight excluding hydrogens is 276 g/mol. The van der Waals surface area contributed by atoms with Crippen molar-refractivity contribution in [3.63, 3.8) is 0 Å². The van der Waals surface area contributed by atoms with Crippen LogP contribution in [0, 0.1) is 0 Å². The van der Waals surface area contributed by atoms with Crippen molar-refractivity contribution in [1.82, 2.24) is 0 Å². The van der Waals surface area contributed by atoms with Crippen LogP contribution in [0.25, 0.3) is 21.5 Å². The molecule has 0 heterocycles. The zero-order chi connectivity index (χ0) is 14.7. The van der Waals surface area contributed by atoms with Gasteiger partial charge in [0.05, 0.1) is 0 Å². The topological polar surface area (TPSA) is 18.5 Å². The van der Waals surface area contributed by atoms with Crippen LogP contribution in [0.15, 0.2) is 54.6 Å². The van der Waals surface area contributed by atoms with Gasteiger partial charge >= 0.3 is 9.28 Å². The van der Waals surface area contributed by atoms with Crippen molar-refractivity contribution in [3.8, 4) is 0 Å². The second-order valence-electron chi connectivity index (χ2n) is 4.97. The predicted molar refractivity (Wildman–Crippen MR) is 91.5 cm³/mol. The molecule has 2 nitrogen and oxygen atoms in total. The molecule has 21 heavy (non-hydrogen) atoms. The summed E-state index contributed by atoms with van der Waals surface area (Å²) in [5.74, 6) is 0. The van der Waals surface area contributed by atoms with E-state index in [-0.39, 0.29) is 0 Å². The van der Waals surface area contributed by atoms with Gasteiger partial charge in [0.2, 0.25) is 0 Å². The van der Waals surface area contributed by atoms with E-state index < -0.39 is 9.28 Å². The fourth-order valence-electron chi connectivity index (χ4n) is 2.80. The van der Waals surface area contributed by atoms with Gasteiger partial charge in [-0.25, -0.2) is 0 Å². The van der Waals surface area contributed by atoms with Crippen LogP contribution in [-0.4, -0.2) is 22.5 Å². The average Bonchev–Trinajstić information content (AvgIpc) is 2.54. The van der Waals surface area contributed by atoms with Crippen LogP contribution in [-0.2, 0) is 8.85 Å². The number of fused-ring (bicyclic) bond motifs is 3. The molecule has 3 heteroatoms. The molecule has 0 fully saturated rings. The van der Waals surface area contributed by atoms with Crippen LogP contribution in [0.5, 0.6) is 0 Å². The minimum Gasteiger partial charge on any atom is -0.394 e. The van der Waals surface area contributed by atoms with Gasteiger partial charge in [0.1, 0.15) is 0 Å². The van der Waals surface area contributed by atoms with Gasteiger partial charge < -0.3 is 8.85 Å². The Morgan fingerprint density at radius 3 is 2.19 bits per heavy atom. The minimum absolute atomic E-state index is 0.695. The Morgan fingerprint density at radius 2 is 1.43 bits per heavy atom. The first kappa shape index (κ1) is 14.3. The fourth-order valence-corrected chi connectivity index (χ4v) is 4.64. The van der Waals surface area contributed by atoms with Gasteiger partial charge in [-0.3, -0.25) is 0 Å². The molecule has 0 bridgehead atoms. The van der Waals surface area contributed by atoms with Crippen LogP contribution >= 0.6 is 0 Å². The van der Waals surface area contributed by atoms with Crippen LogP contribution in [0.2, 0.25) is 0 Å². The molecule has 0 radical (unpaired) electrons. The minimum atomic E-state index is -1.82. The molecule has 0 atom stereocenters. The van der Waals surface area contributed by atoms with E-state index in [1.165, 1.54) is 26.7 Å². The third-order valence-electron chi connectivity index (χ3n) is 3.71. The fraction of sp³-hybridized carbons (Fsp3) is 0.222. The molecule has 0 saturated carbocycles. The highest BCUT2D eigenvalue weighted by Crippen LogP contribution is 2.24. The highest BCUT2D eigenvalue weighted by Gasteiger charge is 2.18. The number of rotatable bonds is 5. The van der Waals surface area contributed by atoms with Gasteiger partial charge in [-0.1, -0.05) is 54.6 Å². The van der Waals surface area contributed by atoms with Gasteiger partial charge in [-0.05, 0) is 40.6 Å². The summed E-state index contributed by atoms with van der Waals surface area (Å²) in [4.78, 5) is 0. The van der Waals surface area contributed by atoms with Crippen molar-refractivity contribution < 1.29 is 8.85 Å². The van der Waals surface area contributed by atoms with Crippen LogP contribution < -0.4 is 5.19 Å². The van der Waals surface area contributed by atoms with Gasteiger partial charge in [-0.2, -0.15) is 0 Å². The Morgan fingerprint density at radius 1 is 0.714 bits per heavy atom. The van der Waals surface area contributed by atoms with Crippen molar-refractivity contribution >= 4 is 36.0 Å². The second kappa shape index (κ2) is 6.39. The summed E-state index contributed by atoms with van der Waals surface area (Å²) in [6, 6.07) is 19.3. The maximum Gasteiger partial charge on any atom is 0.356 e. The lowest BCUT2D eigenvalue weighted by Crippen LogP contribution is -2.37. The molecule has 0 spiro atoms. The van der Waals surface area contributed by atoms with Crippen molar-refractivity contribution in [3.05, 3.63) is 54.6 Å². The molecule has 0 unspecified atom stereocenters. The lowest BCUT2D eigenvalue weighted by atomic mass is 10.0. The van der Waals surface area contributed by atoms with E-state index in [4.69, 9.17) is 8.85 Å². The standard InChI is InChI=1S/C18H20O2Si/c1-3-19-21(20-4-2)18-11-7-10-16-15-9-6-5-8-14(15)12-13-17(16)18/h5-13,21H,3-4H2,1-2H3. The quantitative estimate of drug-likeness (QED) is 0.530. The first-order valence-corrected chi connectivity index (χ1v) is 9.00. The average molecular weight is 296 g/mol. The zero-order valence-corrected chi connectivity index (χ0v) is 13.7.